The molecule has 2 aromatic rings. The molecule has 2 aliphatic heterocycles. The number of carbonyl (C=O) groups is 1. The van der Waals surface area contributed by atoms with Gasteiger partial charge in [-0.15, -0.1) is 20.1 Å². The summed E-state index contributed by atoms with van der Waals surface area (Å²) >= 11 is 1.36. The Balaban J connectivity index is 1.69. The highest BCUT2D eigenvalue weighted by atomic mass is 32.1. The molecule has 2 aliphatic rings. The Morgan fingerprint density at radius 1 is 1.19 bits per heavy atom. The van der Waals surface area contributed by atoms with E-state index in [4.69, 9.17) is 0 Å². The molecule has 9 heteroatoms. The lowest BCUT2D eigenvalue weighted by Gasteiger charge is -2.24. The summed E-state index contributed by atoms with van der Waals surface area (Å²) in [4.78, 5) is 19.9. The maximum Gasteiger partial charge on any atom is 0.586 e. The van der Waals surface area contributed by atoms with Crippen LogP contribution in [0.15, 0.2) is 29.4 Å². The Kier molecular flexibility index (Phi) is 4.18. The van der Waals surface area contributed by atoms with Crippen molar-refractivity contribution in [2.45, 2.75) is 32.5 Å². The highest BCUT2D eigenvalue weighted by Crippen LogP contribution is 2.41. The lowest BCUT2D eigenvalue weighted by atomic mass is 10.1. The second-order valence-corrected chi connectivity index (χ2v) is 7.45. The van der Waals surface area contributed by atoms with Crippen molar-refractivity contribution >= 4 is 17.4 Å². The van der Waals surface area contributed by atoms with Gasteiger partial charge in [-0.25, -0.2) is 4.79 Å². The Morgan fingerprint density at radius 2 is 1.92 bits per heavy atom. The summed E-state index contributed by atoms with van der Waals surface area (Å²) in [5.41, 5.74) is 0.569. The van der Waals surface area contributed by atoms with E-state index in [1.54, 1.807) is 15.5 Å². The number of ether oxygens (including phenoxy) is 2. The molecule has 0 radical (unpaired) electrons. The first kappa shape index (κ1) is 17.0. The van der Waals surface area contributed by atoms with Crippen LogP contribution in [-0.4, -0.2) is 34.9 Å². The maximum absolute atomic E-state index is 13.2. The zero-order valence-corrected chi connectivity index (χ0v) is 14.9. The molecular weight excluding hydrogens is 364 g/mol. The Labute approximate surface area is 152 Å². The number of alkyl halides is 2. The van der Waals surface area contributed by atoms with E-state index < -0.39 is 6.29 Å². The average Bonchev–Trinajstić information content (AvgIpc) is 3.12. The van der Waals surface area contributed by atoms with E-state index in [1.165, 1.54) is 23.5 Å². The van der Waals surface area contributed by atoms with E-state index in [1.807, 2.05) is 13.1 Å². The maximum atomic E-state index is 13.2. The predicted octanol–water partition coefficient (Wildman–Crippen LogP) is 3.68. The van der Waals surface area contributed by atoms with Crippen LogP contribution in [0.3, 0.4) is 0 Å². The van der Waals surface area contributed by atoms with Crippen molar-refractivity contribution in [2.24, 2.45) is 4.99 Å². The molecule has 1 saturated heterocycles. The zero-order chi connectivity index (χ0) is 18.3. The molecule has 26 heavy (non-hydrogen) atoms. The van der Waals surface area contributed by atoms with Crippen LogP contribution in [0.2, 0.25) is 0 Å². The smallest absolute Gasteiger partial charge is 0.395 e. The monoisotopic (exact) mass is 381 g/mol. The number of hydrogen-bond donors (Lipinski definition) is 0. The minimum atomic E-state index is -3.66. The Hall–Kier alpha value is -2.42. The third-order valence-electron chi connectivity index (χ3n) is 4.25. The van der Waals surface area contributed by atoms with Gasteiger partial charge in [-0.3, -0.25) is 4.57 Å². The topological polar surface area (TPSA) is 56.1 Å². The molecule has 2 amide bonds. The minimum absolute atomic E-state index is 0.0193. The summed E-state index contributed by atoms with van der Waals surface area (Å²) in [5, 5.41) is 0. The number of halogens is 2. The van der Waals surface area contributed by atoms with E-state index in [2.05, 4.69) is 14.5 Å². The fourth-order valence-electron chi connectivity index (χ4n) is 3.04. The molecule has 0 bridgehead atoms. The molecular formula is C17H17F2N3O3S. The summed E-state index contributed by atoms with van der Waals surface area (Å²) < 4.78 is 37.1. The van der Waals surface area contributed by atoms with Gasteiger partial charge in [0.25, 0.3) is 0 Å². The number of aromatic nitrogens is 1. The summed E-state index contributed by atoms with van der Waals surface area (Å²) in [7, 11) is 0. The van der Waals surface area contributed by atoms with Gasteiger partial charge in [0, 0.05) is 30.2 Å². The minimum Gasteiger partial charge on any atom is -0.395 e. The van der Waals surface area contributed by atoms with E-state index in [-0.39, 0.29) is 17.5 Å². The lowest BCUT2D eigenvalue weighted by Crippen LogP contribution is -2.34. The number of aryl methyl sites for hydroxylation is 1. The number of benzene rings is 1. The highest BCUT2D eigenvalue weighted by molar-refractivity contribution is 7.09. The lowest BCUT2D eigenvalue weighted by molar-refractivity contribution is -0.286. The first-order valence-electron chi connectivity index (χ1n) is 8.34. The van der Waals surface area contributed by atoms with Gasteiger partial charge in [0.05, 0.1) is 5.69 Å². The molecule has 0 atom stereocenters. The molecule has 0 unspecified atom stereocenters. The summed E-state index contributed by atoms with van der Waals surface area (Å²) in [6.07, 6.45) is 1.25. The van der Waals surface area contributed by atoms with Gasteiger partial charge in [0.2, 0.25) is 0 Å². The van der Waals surface area contributed by atoms with Gasteiger partial charge in [0.15, 0.2) is 16.3 Å². The standard InChI is InChI=1S/C17H17F2N3O3S/c1-11-10-22(12-5-6-13-14(9-12)25-17(18,19)24-13)16(26-11)20-15(23)21-7-3-2-4-8-21/h5-6,9-10H,2-4,7-8H2,1H3. The second-order valence-electron chi connectivity index (χ2n) is 6.24. The van der Waals surface area contributed by atoms with E-state index >= 15 is 0 Å². The van der Waals surface area contributed by atoms with Gasteiger partial charge < -0.3 is 14.4 Å². The number of piperidine rings is 1. The molecule has 3 heterocycles. The normalized spacial score (nSPS) is 19.0. The molecule has 1 aromatic heterocycles. The van der Waals surface area contributed by atoms with Crippen molar-refractivity contribution < 1.29 is 23.0 Å². The third-order valence-corrected chi connectivity index (χ3v) is 5.15. The third kappa shape index (κ3) is 3.31. The number of amides is 2. The molecule has 0 aliphatic carbocycles. The van der Waals surface area contributed by atoms with Gasteiger partial charge in [-0.1, -0.05) is 0 Å². The first-order valence-corrected chi connectivity index (χ1v) is 9.16. The predicted molar refractivity (Wildman–Crippen MR) is 91.0 cm³/mol. The number of urea groups is 1. The first-order chi connectivity index (χ1) is 12.4. The van der Waals surface area contributed by atoms with Crippen LogP contribution < -0.4 is 14.3 Å². The average molecular weight is 381 g/mol. The molecule has 138 valence electrons. The van der Waals surface area contributed by atoms with Crippen molar-refractivity contribution in [2.75, 3.05) is 13.1 Å². The number of rotatable bonds is 1. The molecule has 6 nitrogen and oxygen atoms in total. The van der Waals surface area contributed by atoms with Crippen LogP contribution in [0, 0.1) is 6.92 Å². The summed E-state index contributed by atoms with van der Waals surface area (Å²) in [5.74, 6) is -0.0636. The molecule has 1 fully saturated rings. The van der Waals surface area contributed by atoms with Crippen molar-refractivity contribution in [1.29, 1.82) is 0 Å². The fraction of sp³-hybridized carbons (Fsp3) is 0.412. The SMILES string of the molecule is Cc1cn(-c2ccc3c(c2)OC(F)(F)O3)c(=NC(=O)N2CCCCC2)s1. The van der Waals surface area contributed by atoms with Crippen LogP contribution in [0.25, 0.3) is 5.69 Å². The number of likely N-dealkylation sites (tertiary alicyclic amines) is 1. The molecule has 0 N–H and O–H groups in total. The summed E-state index contributed by atoms with van der Waals surface area (Å²) in [6.45, 7) is 3.32. The largest absolute Gasteiger partial charge is 0.586 e. The number of hydrogen-bond acceptors (Lipinski definition) is 4. The molecule has 0 saturated carbocycles. The van der Waals surface area contributed by atoms with Crippen LogP contribution in [0.1, 0.15) is 24.1 Å². The van der Waals surface area contributed by atoms with E-state index in [9.17, 15) is 13.6 Å². The molecule has 4 rings (SSSR count). The Bertz CT molecular complexity index is 916. The van der Waals surface area contributed by atoms with Gasteiger partial charge in [-0.2, -0.15) is 4.99 Å². The molecule has 0 spiro atoms. The van der Waals surface area contributed by atoms with Gasteiger partial charge in [-0.05, 0) is 38.3 Å². The number of nitrogens with zero attached hydrogens (tertiary/aromatic N) is 3. The van der Waals surface area contributed by atoms with Gasteiger partial charge in [0.1, 0.15) is 0 Å². The van der Waals surface area contributed by atoms with Crippen LogP contribution >= 0.6 is 11.3 Å². The van der Waals surface area contributed by atoms with Crippen LogP contribution in [0.5, 0.6) is 11.5 Å². The number of thiazole rings is 1. The zero-order valence-electron chi connectivity index (χ0n) is 14.1. The van der Waals surface area contributed by atoms with Crippen molar-refractivity contribution in [1.82, 2.24) is 9.47 Å². The van der Waals surface area contributed by atoms with Crippen molar-refractivity contribution in [3.8, 4) is 17.2 Å². The van der Waals surface area contributed by atoms with E-state index in [0.29, 0.717) is 23.6 Å². The quantitative estimate of drug-likeness (QED) is 0.757. The van der Waals surface area contributed by atoms with Crippen LogP contribution in [0.4, 0.5) is 13.6 Å². The van der Waals surface area contributed by atoms with Gasteiger partial charge >= 0.3 is 12.3 Å². The second kappa shape index (κ2) is 6.39. The highest BCUT2D eigenvalue weighted by Gasteiger charge is 2.43. The number of carbonyl (C=O) groups excluding carboxylic acids is 1. The van der Waals surface area contributed by atoms with Crippen molar-refractivity contribution in [3.05, 3.63) is 34.1 Å². The van der Waals surface area contributed by atoms with Crippen molar-refractivity contribution in [3.63, 3.8) is 0 Å². The molecule has 1 aromatic carbocycles. The summed E-state index contributed by atoms with van der Waals surface area (Å²) in [6, 6.07) is 4.22. The fourth-order valence-corrected chi connectivity index (χ4v) is 3.87. The number of fused-ring (bicyclic) bond motifs is 1. The van der Waals surface area contributed by atoms with Crippen LogP contribution in [-0.2, 0) is 0 Å². The van der Waals surface area contributed by atoms with E-state index in [0.717, 1.165) is 24.1 Å². The Morgan fingerprint density at radius 3 is 2.69 bits per heavy atom.